The summed E-state index contributed by atoms with van der Waals surface area (Å²) in [5, 5.41) is 1.82. The van der Waals surface area contributed by atoms with Gasteiger partial charge in [-0.3, -0.25) is 14.4 Å². The van der Waals surface area contributed by atoms with Gasteiger partial charge in [-0.25, -0.2) is 0 Å². The van der Waals surface area contributed by atoms with E-state index in [9.17, 15) is 14.4 Å². The zero-order chi connectivity index (χ0) is 21.0. The Morgan fingerprint density at radius 1 is 0.966 bits per heavy atom. The zero-order valence-electron chi connectivity index (χ0n) is 16.7. The molecule has 6 heteroatoms. The lowest BCUT2D eigenvalue weighted by atomic mass is 10.1. The maximum absolute atomic E-state index is 12.6. The topological polar surface area (TPSA) is 65.4 Å². The van der Waals surface area contributed by atoms with Crippen molar-refractivity contribution in [3.63, 3.8) is 0 Å². The lowest BCUT2D eigenvalue weighted by Crippen LogP contribution is -2.15. The molecule has 0 radical (unpaired) electrons. The van der Waals surface area contributed by atoms with Crippen molar-refractivity contribution >= 4 is 28.9 Å². The van der Waals surface area contributed by atoms with Crippen LogP contribution in [0.5, 0.6) is 0 Å². The van der Waals surface area contributed by atoms with Gasteiger partial charge in [0.05, 0.1) is 11.3 Å². The van der Waals surface area contributed by atoms with Crippen LogP contribution in [0.3, 0.4) is 0 Å². The van der Waals surface area contributed by atoms with Gasteiger partial charge in [0.25, 0.3) is 0 Å². The van der Waals surface area contributed by atoms with Crippen molar-refractivity contribution in [1.29, 1.82) is 0 Å². The lowest BCUT2D eigenvalue weighted by molar-refractivity contribution is -0.142. The SMILES string of the molecule is Cc1ccc(-n2c(C)cc(C(=O)COC(=O)CCC(=O)c3cccs3)c2C)cc1. The van der Waals surface area contributed by atoms with E-state index in [1.807, 2.05) is 61.1 Å². The second-order valence-electron chi connectivity index (χ2n) is 6.94. The molecule has 3 aromatic rings. The van der Waals surface area contributed by atoms with Crippen molar-refractivity contribution in [1.82, 2.24) is 4.57 Å². The molecule has 0 atom stereocenters. The molecule has 29 heavy (non-hydrogen) atoms. The number of Topliss-reactive ketones (excluding diaryl/α,β-unsaturated/α-hetero) is 2. The van der Waals surface area contributed by atoms with Crippen molar-refractivity contribution in [2.45, 2.75) is 33.6 Å². The summed E-state index contributed by atoms with van der Waals surface area (Å²) in [6.07, 6.45) is 0.0435. The van der Waals surface area contributed by atoms with Gasteiger partial charge in [-0.1, -0.05) is 23.8 Å². The first kappa shape index (κ1) is 20.7. The number of ketones is 2. The second-order valence-corrected chi connectivity index (χ2v) is 7.89. The number of nitrogens with zero attached hydrogens (tertiary/aromatic N) is 1. The molecule has 0 aliphatic rings. The largest absolute Gasteiger partial charge is 0.457 e. The monoisotopic (exact) mass is 409 g/mol. The minimum absolute atomic E-state index is 0.0353. The van der Waals surface area contributed by atoms with Gasteiger partial charge in [-0.2, -0.15) is 0 Å². The van der Waals surface area contributed by atoms with E-state index >= 15 is 0 Å². The molecule has 0 spiro atoms. The van der Waals surface area contributed by atoms with E-state index in [0.29, 0.717) is 10.4 Å². The van der Waals surface area contributed by atoms with Gasteiger partial charge < -0.3 is 9.30 Å². The first-order valence-electron chi connectivity index (χ1n) is 9.38. The van der Waals surface area contributed by atoms with E-state index in [2.05, 4.69) is 0 Å². The lowest BCUT2D eigenvalue weighted by Gasteiger charge is -2.10. The van der Waals surface area contributed by atoms with Gasteiger partial charge in [0.15, 0.2) is 12.4 Å². The van der Waals surface area contributed by atoms with E-state index in [0.717, 1.165) is 22.6 Å². The molecule has 0 amide bonds. The number of hydrogen-bond acceptors (Lipinski definition) is 5. The maximum Gasteiger partial charge on any atom is 0.306 e. The first-order valence-corrected chi connectivity index (χ1v) is 10.3. The molecule has 0 unspecified atom stereocenters. The average Bonchev–Trinajstić information content (AvgIpc) is 3.33. The molecule has 0 saturated carbocycles. The second kappa shape index (κ2) is 9.01. The maximum atomic E-state index is 12.6. The van der Waals surface area contributed by atoms with E-state index < -0.39 is 5.97 Å². The normalized spacial score (nSPS) is 10.7. The molecule has 2 aromatic heterocycles. The Labute approximate surface area is 173 Å². The van der Waals surface area contributed by atoms with E-state index in [4.69, 9.17) is 4.74 Å². The first-order chi connectivity index (χ1) is 13.9. The Bertz CT molecular complexity index is 1030. The number of benzene rings is 1. The highest BCUT2D eigenvalue weighted by molar-refractivity contribution is 7.12. The third kappa shape index (κ3) is 4.90. The molecule has 0 saturated heterocycles. The third-order valence-corrected chi connectivity index (χ3v) is 5.65. The van der Waals surface area contributed by atoms with Crippen LogP contribution in [0.4, 0.5) is 0 Å². The molecule has 0 bridgehead atoms. The smallest absolute Gasteiger partial charge is 0.306 e. The number of hydrogen-bond donors (Lipinski definition) is 0. The summed E-state index contributed by atoms with van der Waals surface area (Å²) < 4.78 is 7.11. The van der Waals surface area contributed by atoms with E-state index in [1.54, 1.807) is 12.1 Å². The van der Waals surface area contributed by atoms with Gasteiger partial charge in [0.2, 0.25) is 5.78 Å². The van der Waals surface area contributed by atoms with Crippen molar-refractivity contribution in [3.05, 3.63) is 75.2 Å². The predicted octanol–water partition coefficient (Wildman–Crippen LogP) is 4.85. The van der Waals surface area contributed by atoms with Crippen LogP contribution in [-0.2, 0) is 9.53 Å². The van der Waals surface area contributed by atoms with Crippen LogP contribution in [0.1, 0.15) is 49.8 Å². The van der Waals surface area contributed by atoms with Gasteiger partial charge >= 0.3 is 5.97 Å². The summed E-state index contributed by atoms with van der Waals surface area (Å²) in [5.74, 6) is -0.894. The Morgan fingerprint density at radius 3 is 2.34 bits per heavy atom. The van der Waals surface area contributed by atoms with Gasteiger partial charge in [-0.05, 0) is 50.4 Å². The van der Waals surface area contributed by atoms with E-state index in [1.165, 1.54) is 11.3 Å². The molecule has 150 valence electrons. The van der Waals surface area contributed by atoms with Crippen molar-refractivity contribution < 1.29 is 19.1 Å². The van der Waals surface area contributed by atoms with Crippen LogP contribution in [0, 0.1) is 20.8 Å². The molecule has 0 aliphatic heterocycles. The van der Waals surface area contributed by atoms with E-state index in [-0.39, 0.29) is 31.0 Å². The fraction of sp³-hybridized carbons (Fsp3) is 0.261. The third-order valence-electron chi connectivity index (χ3n) is 4.74. The Kier molecular flexibility index (Phi) is 6.44. The summed E-state index contributed by atoms with van der Waals surface area (Å²) in [4.78, 5) is 37.1. The number of aromatic nitrogens is 1. The Morgan fingerprint density at radius 2 is 1.69 bits per heavy atom. The molecular weight excluding hydrogens is 386 g/mol. The van der Waals surface area contributed by atoms with Crippen LogP contribution in [0.2, 0.25) is 0 Å². The number of rotatable bonds is 8. The predicted molar refractivity (Wildman–Crippen MR) is 113 cm³/mol. The number of carbonyl (C=O) groups excluding carboxylic acids is 3. The fourth-order valence-corrected chi connectivity index (χ4v) is 3.90. The summed E-state index contributed by atoms with van der Waals surface area (Å²) in [6, 6.07) is 13.4. The summed E-state index contributed by atoms with van der Waals surface area (Å²) >= 11 is 1.34. The molecule has 5 nitrogen and oxygen atoms in total. The van der Waals surface area contributed by atoms with Crippen LogP contribution in [0.25, 0.3) is 5.69 Å². The van der Waals surface area contributed by atoms with Crippen LogP contribution in [0.15, 0.2) is 47.8 Å². The van der Waals surface area contributed by atoms with Gasteiger partial charge in [0, 0.05) is 29.1 Å². The quantitative estimate of drug-likeness (QED) is 0.394. The number of aryl methyl sites for hydroxylation is 2. The molecule has 2 heterocycles. The van der Waals surface area contributed by atoms with Gasteiger partial charge in [-0.15, -0.1) is 11.3 Å². The molecule has 0 N–H and O–H groups in total. The summed E-state index contributed by atoms with van der Waals surface area (Å²) in [7, 11) is 0. The number of thiophene rings is 1. The van der Waals surface area contributed by atoms with Gasteiger partial charge in [0.1, 0.15) is 0 Å². The molecule has 0 fully saturated rings. The number of ether oxygens (including phenoxy) is 1. The summed E-state index contributed by atoms with van der Waals surface area (Å²) in [6.45, 7) is 5.51. The molecule has 3 rings (SSSR count). The highest BCUT2D eigenvalue weighted by Crippen LogP contribution is 2.22. The van der Waals surface area contributed by atoms with Crippen molar-refractivity contribution in [3.8, 4) is 5.69 Å². The molecular formula is C23H23NO4S. The highest BCUT2D eigenvalue weighted by atomic mass is 32.1. The Hall–Kier alpha value is -2.99. The number of esters is 1. The minimum Gasteiger partial charge on any atom is -0.457 e. The standard InChI is InChI=1S/C23H23NO4S/c1-15-6-8-18(9-7-15)24-16(2)13-19(17(24)3)21(26)14-28-23(27)11-10-20(25)22-5-4-12-29-22/h4-9,12-13H,10-11,14H2,1-3H3. The van der Waals surface area contributed by atoms with Crippen LogP contribution < -0.4 is 0 Å². The zero-order valence-corrected chi connectivity index (χ0v) is 17.5. The summed E-state index contributed by atoms with van der Waals surface area (Å²) in [5.41, 5.74) is 4.42. The fourth-order valence-electron chi connectivity index (χ4n) is 3.21. The van der Waals surface area contributed by atoms with Crippen LogP contribution >= 0.6 is 11.3 Å². The molecule has 0 aliphatic carbocycles. The van der Waals surface area contributed by atoms with Crippen molar-refractivity contribution in [2.24, 2.45) is 0 Å². The van der Waals surface area contributed by atoms with Crippen LogP contribution in [-0.4, -0.2) is 28.7 Å². The Balaban J connectivity index is 1.59. The average molecular weight is 410 g/mol. The van der Waals surface area contributed by atoms with Crippen molar-refractivity contribution in [2.75, 3.05) is 6.61 Å². The molecule has 1 aromatic carbocycles. The highest BCUT2D eigenvalue weighted by Gasteiger charge is 2.18. The minimum atomic E-state index is -0.546. The number of carbonyl (C=O) groups is 3.